The molecule has 0 N–H and O–H groups in total. The summed E-state index contributed by atoms with van der Waals surface area (Å²) in [6, 6.07) is 82.7. The Morgan fingerprint density at radius 1 is 0.387 bits per heavy atom. The molecule has 0 aliphatic carbocycles. The summed E-state index contributed by atoms with van der Waals surface area (Å²) < 4.78 is 19.0. The summed E-state index contributed by atoms with van der Waals surface area (Å²) in [4.78, 5) is 4.88. The highest BCUT2D eigenvalue weighted by Gasteiger charge is 2.45. The molecule has 8 heteroatoms. The van der Waals surface area contributed by atoms with Gasteiger partial charge in [-0.1, -0.05) is 151 Å². The Morgan fingerprint density at radius 2 is 0.920 bits per heavy atom. The van der Waals surface area contributed by atoms with E-state index in [0.29, 0.717) is 0 Å². The quantitative estimate of drug-likeness (QED) is 0.165. The van der Waals surface area contributed by atoms with Crippen molar-refractivity contribution in [2.75, 3.05) is 16.8 Å². The van der Waals surface area contributed by atoms with Gasteiger partial charge < -0.3 is 27.6 Å². The van der Waals surface area contributed by atoms with Crippen LogP contribution in [0.2, 0.25) is 0 Å². The minimum absolute atomic E-state index is 0.160. The van der Waals surface area contributed by atoms with Gasteiger partial charge in [0.25, 0.3) is 0 Å². The Bertz CT molecular complexity index is 5010. The van der Waals surface area contributed by atoms with E-state index in [1.165, 1.54) is 104 Å². The maximum Gasteiger partial charge on any atom is 0.333 e. The zero-order chi connectivity index (χ0) is 48.8. The first-order valence-corrected chi connectivity index (χ1v) is 26.0. The predicted molar refractivity (Wildman–Crippen MR) is 314 cm³/mol. The molecule has 11 aromatic carbocycles. The highest BCUT2D eigenvalue weighted by molar-refractivity contribution is 6.92. The summed E-state index contributed by atoms with van der Waals surface area (Å²) >= 11 is 0. The monoisotopic (exact) mass is 954 g/mol. The minimum atomic E-state index is -0.228. The molecule has 6 nitrogen and oxygen atoms in total. The molecule has 0 bridgehead atoms. The number of hydrogen-bond donors (Lipinski definition) is 0. The molecule has 346 valence electrons. The molecule has 0 unspecified atom stereocenters. The van der Waals surface area contributed by atoms with Crippen LogP contribution in [-0.4, -0.2) is 29.7 Å². The average molecular weight is 955 g/mol. The van der Waals surface area contributed by atoms with Gasteiger partial charge in [0.05, 0.1) is 0 Å². The van der Waals surface area contributed by atoms with Gasteiger partial charge in [0.15, 0.2) is 0 Å². The molecule has 3 aliphatic heterocycles. The second-order valence-electron chi connectivity index (χ2n) is 20.7. The number of para-hydroxylation sites is 6. The van der Waals surface area contributed by atoms with Gasteiger partial charge in [-0.25, -0.2) is 0 Å². The van der Waals surface area contributed by atoms with Gasteiger partial charge in [-0.15, -0.1) is 0 Å². The number of anilines is 5. The summed E-state index contributed by atoms with van der Waals surface area (Å²) in [5.74, 6) is 0. The molecule has 18 rings (SSSR count). The zero-order valence-corrected chi connectivity index (χ0v) is 40.6. The fraction of sp³-hybridized carbons (Fsp3) is 0.0149. The molecule has 15 aromatic rings. The number of fused-ring (bicyclic) bond motifs is 20. The van der Waals surface area contributed by atoms with Crippen molar-refractivity contribution in [3.8, 4) is 22.3 Å². The van der Waals surface area contributed by atoms with Crippen molar-refractivity contribution in [3.63, 3.8) is 0 Å². The van der Waals surface area contributed by atoms with Crippen molar-refractivity contribution >= 4 is 151 Å². The molecule has 4 aromatic heterocycles. The lowest BCUT2D eigenvalue weighted by Gasteiger charge is -2.41. The maximum absolute atomic E-state index is 6.82. The molecule has 3 aliphatic rings. The second-order valence-corrected chi connectivity index (χ2v) is 20.7. The summed E-state index contributed by atoms with van der Waals surface area (Å²) in [5.41, 5.74) is 24.1. The number of furan rings is 2. The Labute approximate surface area is 430 Å². The van der Waals surface area contributed by atoms with E-state index in [9.17, 15) is 0 Å². The fourth-order valence-electron chi connectivity index (χ4n) is 14.2. The highest BCUT2D eigenvalue weighted by Crippen LogP contribution is 2.51. The number of aromatic nitrogens is 2. The van der Waals surface area contributed by atoms with Crippen LogP contribution in [0.4, 0.5) is 28.4 Å². The van der Waals surface area contributed by atoms with Gasteiger partial charge in [0.1, 0.15) is 22.3 Å². The standard InChI is InChI=1S/C67H40B2N4O2/c1-70(40-18-4-2-5-19-40)54-30-16-26-42-48-37-58-60(46-24-10-14-32-56(46)74-58)62-44-22-8-12-28-51(44)72(66(48)62)68(64(42)54)39-34-35-53-50(36-39)69-65-43(27-17-31-55(65)71(53)41-20-6-3-7-21-41)49-38-59-61(47-25-11-15-33-57(47)75-59)63-45-23-9-13-29-52(45)73(69)67(49)63/h2-38H,1H3. The van der Waals surface area contributed by atoms with Gasteiger partial charge >= 0.3 is 13.7 Å². The van der Waals surface area contributed by atoms with Crippen LogP contribution in [0.3, 0.4) is 0 Å². The third kappa shape index (κ3) is 5.01. The Balaban J connectivity index is 0.988. The van der Waals surface area contributed by atoms with Crippen LogP contribution in [0.25, 0.3) is 110 Å². The van der Waals surface area contributed by atoms with E-state index in [2.05, 4.69) is 250 Å². The first-order valence-electron chi connectivity index (χ1n) is 26.0. The number of benzene rings is 11. The van der Waals surface area contributed by atoms with Crippen LogP contribution in [0, 0.1) is 0 Å². The van der Waals surface area contributed by atoms with E-state index in [1.54, 1.807) is 0 Å². The molecule has 75 heavy (non-hydrogen) atoms. The summed E-state index contributed by atoms with van der Waals surface area (Å²) in [5, 5.41) is 9.53. The topological polar surface area (TPSA) is 42.6 Å². The zero-order valence-electron chi connectivity index (χ0n) is 40.6. The third-order valence-corrected chi connectivity index (χ3v) is 17.1. The Hall–Kier alpha value is -9.65. The molecule has 0 spiro atoms. The van der Waals surface area contributed by atoms with Crippen molar-refractivity contribution < 1.29 is 8.83 Å². The van der Waals surface area contributed by atoms with Crippen molar-refractivity contribution in [2.24, 2.45) is 0 Å². The van der Waals surface area contributed by atoms with E-state index in [4.69, 9.17) is 8.83 Å². The van der Waals surface area contributed by atoms with Gasteiger partial charge in [-0.2, -0.15) is 0 Å². The van der Waals surface area contributed by atoms with Crippen molar-refractivity contribution in [1.29, 1.82) is 0 Å². The largest absolute Gasteiger partial charge is 0.456 e. The van der Waals surface area contributed by atoms with E-state index in [-0.39, 0.29) is 13.7 Å². The lowest BCUT2D eigenvalue weighted by molar-refractivity contribution is 0.669. The van der Waals surface area contributed by atoms with Crippen LogP contribution in [0.1, 0.15) is 0 Å². The summed E-state index contributed by atoms with van der Waals surface area (Å²) in [7, 11) is 2.22. The third-order valence-electron chi connectivity index (χ3n) is 17.1. The van der Waals surface area contributed by atoms with Gasteiger partial charge in [0, 0.05) is 112 Å². The van der Waals surface area contributed by atoms with Crippen molar-refractivity contribution in [1.82, 2.24) is 8.96 Å². The number of rotatable bonds is 4. The summed E-state index contributed by atoms with van der Waals surface area (Å²) in [6.07, 6.45) is 0. The van der Waals surface area contributed by atoms with Gasteiger partial charge in [0.2, 0.25) is 0 Å². The molecular weight excluding hydrogens is 914 g/mol. The van der Waals surface area contributed by atoms with E-state index in [0.717, 1.165) is 55.6 Å². The van der Waals surface area contributed by atoms with E-state index in [1.807, 2.05) is 0 Å². The van der Waals surface area contributed by atoms with Crippen LogP contribution in [0.5, 0.6) is 0 Å². The minimum Gasteiger partial charge on any atom is -0.456 e. The first kappa shape index (κ1) is 39.9. The number of nitrogens with zero attached hydrogens (tertiary/aromatic N) is 4. The molecular formula is C67H40B2N4O2. The van der Waals surface area contributed by atoms with Gasteiger partial charge in [-0.3, -0.25) is 0 Å². The SMILES string of the molecule is CN(c1ccccc1)c1cccc2c1B(c1ccc3c(c1)B1c4c(cccc4N3c3ccccc3)-c3cc4oc5ccccc5c4c4c5ccccc5n1c34)n1c3ccccc3c3c4c(cc-2c31)oc1ccccc14. The summed E-state index contributed by atoms with van der Waals surface area (Å²) in [6.45, 7) is -0.387. The first-order chi connectivity index (χ1) is 37.2. The maximum atomic E-state index is 6.82. The Morgan fingerprint density at radius 3 is 1.56 bits per heavy atom. The van der Waals surface area contributed by atoms with Gasteiger partial charge in [-0.05, 0) is 106 Å². The normalized spacial score (nSPS) is 13.3. The Kier molecular flexibility index (Phi) is 7.61. The molecule has 0 atom stereocenters. The molecule has 0 saturated heterocycles. The van der Waals surface area contributed by atoms with Crippen LogP contribution >= 0.6 is 0 Å². The predicted octanol–water partition coefficient (Wildman–Crippen LogP) is 14.5. The van der Waals surface area contributed by atoms with Crippen LogP contribution in [-0.2, 0) is 0 Å². The smallest absolute Gasteiger partial charge is 0.333 e. The molecule has 0 saturated carbocycles. The van der Waals surface area contributed by atoms with Crippen LogP contribution in [0.15, 0.2) is 233 Å². The molecule has 7 heterocycles. The van der Waals surface area contributed by atoms with Crippen LogP contribution < -0.4 is 31.7 Å². The van der Waals surface area contributed by atoms with E-state index >= 15 is 0 Å². The molecule has 0 amide bonds. The second kappa shape index (κ2) is 14.3. The lowest BCUT2D eigenvalue weighted by atomic mass is 9.42. The van der Waals surface area contributed by atoms with E-state index < -0.39 is 0 Å². The molecule has 0 radical (unpaired) electrons. The fourth-order valence-corrected chi connectivity index (χ4v) is 14.2. The average Bonchev–Trinajstić information content (AvgIpc) is 4.39. The van der Waals surface area contributed by atoms with Crippen molar-refractivity contribution in [3.05, 3.63) is 224 Å². The lowest BCUT2D eigenvalue weighted by Crippen LogP contribution is -2.59. The number of hydrogen-bond acceptors (Lipinski definition) is 4. The highest BCUT2D eigenvalue weighted by atomic mass is 16.3. The van der Waals surface area contributed by atoms with Crippen molar-refractivity contribution in [2.45, 2.75) is 0 Å². The molecule has 0 fully saturated rings.